The minimum atomic E-state index is -0.444. The number of nitrogens with zero attached hydrogens (tertiary/aromatic N) is 4. The van der Waals surface area contributed by atoms with Gasteiger partial charge in [-0.15, -0.1) is 5.10 Å². The van der Waals surface area contributed by atoms with E-state index >= 15 is 0 Å². The van der Waals surface area contributed by atoms with Gasteiger partial charge in [0.1, 0.15) is 5.52 Å². The van der Waals surface area contributed by atoms with E-state index < -0.39 is 4.92 Å². The number of nitro benzene ring substituents is 1. The third kappa shape index (κ3) is 2.02. The van der Waals surface area contributed by atoms with E-state index in [1.807, 2.05) is 0 Å². The number of rotatable bonds is 2. The summed E-state index contributed by atoms with van der Waals surface area (Å²) >= 11 is 5.94. The number of hydrogen-bond acceptors (Lipinski definition) is 4. The Kier molecular flexibility index (Phi) is 2.64. The minimum Gasteiger partial charge on any atom is -0.258 e. The van der Waals surface area contributed by atoms with Crippen molar-refractivity contribution in [1.82, 2.24) is 15.0 Å². The predicted molar refractivity (Wildman–Crippen MR) is 70.5 cm³/mol. The first-order chi connectivity index (χ1) is 9.15. The molecule has 0 saturated heterocycles. The van der Waals surface area contributed by atoms with Gasteiger partial charge in [0.25, 0.3) is 5.69 Å². The normalized spacial score (nSPS) is 10.8. The predicted octanol–water partition coefficient (Wildman–Crippen LogP) is 2.98. The fraction of sp³-hybridized carbons (Fsp3) is 0. The highest BCUT2D eigenvalue weighted by atomic mass is 35.5. The molecule has 19 heavy (non-hydrogen) atoms. The highest BCUT2D eigenvalue weighted by Gasteiger charge is 2.09. The quantitative estimate of drug-likeness (QED) is 0.532. The highest BCUT2D eigenvalue weighted by molar-refractivity contribution is 6.31. The molecule has 94 valence electrons. The van der Waals surface area contributed by atoms with Crippen molar-refractivity contribution in [3.05, 3.63) is 57.6 Å². The molecule has 0 amide bonds. The van der Waals surface area contributed by atoms with Gasteiger partial charge >= 0.3 is 0 Å². The van der Waals surface area contributed by atoms with Crippen molar-refractivity contribution in [1.29, 1.82) is 0 Å². The van der Waals surface area contributed by atoms with Crippen LogP contribution < -0.4 is 0 Å². The van der Waals surface area contributed by atoms with Gasteiger partial charge < -0.3 is 0 Å². The second-order valence-corrected chi connectivity index (χ2v) is 4.34. The Morgan fingerprint density at radius 3 is 2.58 bits per heavy atom. The molecule has 0 spiro atoms. The van der Waals surface area contributed by atoms with Crippen LogP contribution >= 0.6 is 11.6 Å². The molecular weight excluding hydrogens is 268 g/mol. The molecule has 0 N–H and O–H groups in total. The monoisotopic (exact) mass is 274 g/mol. The zero-order valence-electron chi connectivity index (χ0n) is 9.52. The van der Waals surface area contributed by atoms with Crippen LogP contribution in [0.2, 0.25) is 5.02 Å². The SMILES string of the molecule is O=[N+]([O-])c1ccc(-n2nnc3ccc(Cl)cc32)cc1. The highest BCUT2D eigenvalue weighted by Crippen LogP contribution is 2.21. The summed E-state index contributed by atoms with van der Waals surface area (Å²) in [6.07, 6.45) is 0. The molecule has 0 saturated carbocycles. The van der Waals surface area contributed by atoms with Crippen molar-refractivity contribution in [3.63, 3.8) is 0 Å². The van der Waals surface area contributed by atoms with Crippen molar-refractivity contribution >= 4 is 28.3 Å². The second-order valence-electron chi connectivity index (χ2n) is 3.91. The zero-order valence-corrected chi connectivity index (χ0v) is 10.3. The van der Waals surface area contributed by atoms with Gasteiger partial charge in [-0.2, -0.15) is 0 Å². The van der Waals surface area contributed by atoms with Crippen molar-refractivity contribution in [2.24, 2.45) is 0 Å². The molecule has 3 rings (SSSR count). The fourth-order valence-electron chi connectivity index (χ4n) is 1.80. The largest absolute Gasteiger partial charge is 0.269 e. The van der Waals surface area contributed by atoms with Crippen molar-refractivity contribution in [2.75, 3.05) is 0 Å². The number of benzene rings is 2. The number of fused-ring (bicyclic) bond motifs is 1. The Labute approximate surface area is 112 Å². The molecule has 2 aromatic carbocycles. The smallest absolute Gasteiger partial charge is 0.258 e. The van der Waals surface area contributed by atoms with Crippen LogP contribution in [-0.4, -0.2) is 19.9 Å². The lowest BCUT2D eigenvalue weighted by molar-refractivity contribution is -0.384. The van der Waals surface area contributed by atoms with Gasteiger partial charge in [0.2, 0.25) is 0 Å². The molecule has 0 radical (unpaired) electrons. The Morgan fingerprint density at radius 2 is 1.89 bits per heavy atom. The van der Waals surface area contributed by atoms with Gasteiger partial charge in [-0.25, -0.2) is 4.68 Å². The summed E-state index contributed by atoms with van der Waals surface area (Å²) in [5.74, 6) is 0. The average Bonchev–Trinajstić information content (AvgIpc) is 2.81. The first-order valence-electron chi connectivity index (χ1n) is 5.41. The third-order valence-corrected chi connectivity index (χ3v) is 2.95. The summed E-state index contributed by atoms with van der Waals surface area (Å²) in [4.78, 5) is 10.2. The van der Waals surface area contributed by atoms with E-state index in [1.165, 1.54) is 12.1 Å². The van der Waals surface area contributed by atoms with Crippen LogP contribution in [0.15, 0.2) is 42.5 Å². The maximum Gasteiger partial charge on any atom is 0.269 e. The Hall–Kier alpha value is -2.47. The van der Waals surface area contributed by atoms with E-state index in [2.05, 4.69) is 10.3 Å². The van der Waals surface area contributed by atoms with Crippen LogP contribution in [-0.2, 0) is 0 Å². The lowest BCUT2D eigenvalue weighted by Gasteiger charge is -2.01. The van der Waals surface area contributed by atoms with Gasteiger partial charge in [0, 0.05) is 17.2 Å². The summed E-state index contributed by atoms with van der Waals surface area (Å²) in [6.45, 7) is 0. The van der Waals surface area contributed by atoms with E-state index in [4.69, 9.17) is 11.6 Å². The summed E-state index contributed by atoms with van der Waals surface area (Å²) in [7, 11) is 0. The number of nitro groups is 1. The molecule has 0 aliphatic rings. The molecular formula is C12H7ClN4O2. The summed E-state index contributed by atoms with van der Waals surface area (Å²) in [5.41, 5.74) is 2.19. The molecule has 6 nitrogen and oxygen atoms in total. The molecule has 3 aromatic rings. The first kappa shape index (κ1) is 11.6. The van der Waals surface area contributed by atoms with Gasteiger partial charge in [-0.3, -0.25) is 10.1 Å². The Bertz CT molecular complexity index is 767. The molecule has 0 bridgehead atoms. The molecule has 0 fully saturated rings. The topological polar surface area (TPSA) is 73.8 Å². The average molecular weight is 275 g/mol. The minimum absolute atomic E-state index is 0.0335. The van der Waals surface area contributed by atoms with Crippen LogP contribution in [0.5, 0.6) is 0 Å². The van der Waals surface area contributed by atoms with Crippen LogP contribution in [0, 0.1) is 10.1 Å². The van der Waals surface area contributed by atoms with E-state index in [-0.39, 0.29) is 5.69 Å². The number of non-ortho nitro benzene ring substituents is 1. The van der Waals surface area contributed by atoms with Crippen LogP contribution in [0.25, 0.3) is 16.7 Å². The molecule has 0 atom stereocenters. The third-order valence-electron chi connectivity index (χ3n) is 2.71. The van der Waals surface area contributed by atoms with Gasteiger partial charge in [-0.05, 0) is 30.3 Å². The summed E-state index contributed by atoms with van der Waals surface area (Å²) < 4.78 is 1.59. The van der Waals surface area contributed by atoms with Crippen molar-refractivity contribution in [2.45, 2.75) is 0 Å². The van der Waals surface area contributed by atoms with E-state index in [1.54, 1.807) is 35.0 Å². The van der Waals surface area contributed by atoms with Crippen LogP contribution in [0.3, 0.4) is 0 Å². The second kappa shape index (κ2) is 4.33. The lowest BCUT2D eigenvalue weighted by Crippen LogP contribution is -1.97. The Morgan fingerprint density at radius 1 is 1.16 bits per heavy atom. The van der Waals surface area contributed by atoms with Gasteiger partial charge in [0.15, 0.2) is 0 Å². The number of aromatic nitrogens is 3. The molecule has 0 aliphatic heterocycles. The first-order valence-corrected chi connectivity index (χ1v) is 5.79. The van der Waals surface area contributed by atoms with Crippen molar-refractivity contribution < 1.29 is 4.92 Å². The van der Waals surface area contributed by atoms with Crippen LogP contribution in [0.4, 0.5) is 5.69 Å². The van der Waals surface area contributed by atoms with Crippen LogP contribution in [0.1, 0.15) is 0 Å². The zero-order chi connectivity index (χ0) is 13.4. The number of hydrogen-bond donors (Lipinski definition) is 0. The molecule has 1 aromatic heterocycles. The molecule has 0 aliphatic carbocycles. The summed E-state index contributed by atoms with van der Waals surface area (Å²) in [5, 5.41) is 19.2. The fourth-order valence-corrected chi connectivity index (χ4v) is 1.96. The van der Waals surface area contributed by atoms with E-state index in [0.29, 0.717) is 16.2 Å². The molecule has 1 heterocycles. The maximum atomic E-state index is 10.6. The standard InChI is InChI=1S/C12H7ClN4O2/c13-8-1-6-11-12(7-8)16(15-14-11)9-2-4-10(5-3-9)17(18)19/h1-7H. The maximum absolute atomic E-state index is 10.6. The van der Waals surface area contributed by atoms with Gasteiger partial charge in [-0.1, -0.05) is 16.8 Å². The molecule has 0 unspecified atom stereocenters. The van der Waals surface area contributed by atoms with Crippen molar-refractivity contribution in [3.8, 4) is 5.69 Å². The number of halogens is 1. The van der Waals surface area contributed by atoms with E-state index in [0.717, 1.165) is 5.52 Å². The lowest BCUT2D eigenvalue weighted by atomic mass is 10.2. The van der Waals surface area contributed by atoms with Gasteiger partial charge in [0.05, 0.1) is 16.1 Å². The molecule has 7 heteroatoms. The Balaban J connectivity index is 2.13. The summed E-state index contributed by atoms with van der Waals surface area (Å²) in [6, 6.07) is 11.3. The van der Waals surface area contributed by atoms with E-state index in [9.17, 15) is 10.1 Å².